The number of esters is 1. The van der Waals surface area contributed by atoms with Crippen molar-refractivity contribution in [2.75, 3.05) is 32.6 Å². The summed E-state index contributed by atoms with van der Waals surface area (Å²) in [6, 6.07) is 4.87. The summed E-state index contributed by atoms with van der Waals surface area (Å²) in [4.78, 5) is 36.5. The Balaban J connectivity index is 2.49. The van der Waals surface area contributed by atoms with Gasteiger partial charge >= 0.3 is 5.97 Å². The molecule has 1 aromatic rings. The normalized spacial score (nSPS) is 13.0. The molecular weight excluding hydrogens is 341 g/mol. The number of hydrogen-bond acceptors (Lipinski definition) is 4. The molecule has 8 heteroatoms. The van der Waals surface area contributed by atoms with E-state index < -0.39 is 17.8 Å². The van der Waals surface area contributed by atoms with Gasteiger partial charge in [-0.1, -0.05) is 19.9 Å². The van der Waals surface area contributed by atoms with Crippen LogP contribution < -0.4 is 15.5 Å². The summed E-state index contributed by atoms with van der Waals surface area (Å²) in [6.07, 6.45) is 0.470. The second kappa shape index (κ2) is 10.5. The third kappa shape index (κ3) is 8.06. The van der Waals surface area contributed by atoms with Gasteiger partial charge < -0.3 is 20.3 Å². The largest absolute Gasteiger partial charge is 0.467 e. The number of methoxy groups -OCH3 is 1. The fraction of sp³-hybridized carbons (Fsp3) is 0.500. The van der Waals surface area contributed by atoms with E-state index in [1.165, 1.54) is 25.3 Å². The second-order valence-electron chi connectivity index (χ2n) is 6.64. The number of rotatable bonds is 9. The number of anilines is 1. The standard InChI is InChI=1S/C18H26FN3O4/c1-12(2)8-15(18(25)26-4)21-17(24)11-22(3)10-16(23)20-14-7-5-6-13(19)9-14/h5-7,9,12,15H,8,10-11H2,1-4H3,(H,20,23)(H,21,24)/p+1/t15-/m0/s1. The van der Waals surface area contributed by atoms with Crippen molar-refractivity contribution >= 4 is 23.5 Å². The van der Waals surface area contributed by atoms with Gasteiger partial charge in [-0.15, -0.1) is 0 Å². The van der Waals surface area contributed by atoms with Crippen LogP contribution in [-0.2, 0) is 19.1 Å². The average Bonchev–Trinajstić information content (AvgIpc) is 2.52. The van der Waals surface area contributed by atoms with E-state index in [1.807, 2.05) is 13.8 Å². The lowest BCUT2D eigenvalue weighted by atomic mass is 10.0. The zero-order valence-corrected chi connectivity index (χ0v) is 15.6. The molecule has 7 nitrogen and oxygen atoms in total. The number of nitrogens with one attached hydrogen (secondary N) is 3. The van der Waals surface area contributed by atoms with Crippen LogP contribution in [0.1, 0.15) is 20.3 Å². The quantitative estimate of drug-likeness (QED) is 0.535. The summed E-state index contributed by atoms with van der Waals surface area (Å²) in [6.45, 7) is 3.92. The minimum atomic E-state index is -0.707. The number of carbonyl (C=O) groups is 3. The van der Waals surface area contributed by atoms with Gasteiger partial charge in [0, 0.05) is 5.69 Å². The molecule has 0 aliphatic heterocycles. The van der Waals surface area contributed by atoms with E-state index in [4.69, 9.17) is 4.74 Å². The average molecular weight is 368 g/mol. The molecule has 0 bridgehead atoms. The van der Waals surface area contributed by atoms with Gasteiger partial charge in [0.05, 0.1) is 14.2 Å². The van der Waals surface area contributed by atoms with Crippen LogP contribution in [0.15, 0.2) is 24.3 Å². The van der Waals surface area contributed by atoms with E-state index in [9.17, 15) is 18.8 Å². The Labute approximate surface area is 152 Å². The van der Waals surface area contributed by atoms with Gasteiger partial charge in [0.25, 0.3) is 11.8 Å². The molecule has 26 heavy (non-hydrogen) atoms. The highest BCUT2D eigenvalue weighted by Gasteiger charge is 2.24. The first-order valence-corrected chi connectivity index (χ1v) is 8.45. The van der Waals surface area contributed by atoms with Crippen molar-refractivity contribution in [1.82, 2.24) is 5.32 Å². The Morgan fingerprint density at radius 2 is 1.85 bits per heavy atom. The molecule has 0 aliphatic carbocycles. The maximum atomic E-state index is 13.1. The molecular formula is C18H27FN3O4+. The SMILES string of the molecule is COC(=O)[C@H](CC(C)C)NC(=O)C[NH+](C)CC(=O)Nc1cccc(F)c1. The zero-order chi connectivity index (χ0) is 19.7. The smallest absolute Gasteiger partial charge is 0.328 e. The molecule has 1 rings (SSSR count). The molecule has 0 saturated heterocycles. The number of ether oxygens (including phenoxy) is 1. The predicted octanol–water partition coefficient (Wildman–Crippen LogP) is -0.0172. The van der Waals surface area contributed by atoms with Crippen molar-refractivity contribution < 1.29 is 28.4 Å². The molecule has 0 radical (unpaired) electrons. The number of carbonyl (C=O) groups excluding carboxylic acids is 3. The lowest BCUT2D eigenvalue weighted by Gasteiger charge is -2.19. The fourth-order valence-electron chi connectivity index (χ4n) is 2.46. The zero-order valence-electron chi connectivity index (χ0n) is 15.6. The molecule has 0 aliphatic rings. The Kier molecular flexibility index (Phi) is 8.71. The Morgan fingerprint density at radius 3 is 2.42 bits per heavy atom. The minimum absolute atomic E-state index is 0.0160. The van der Waals surface area contributed by atoms with Crippen molar-refractivity contribution in [2.45, 2.75) is 26.3 Å². The van der Waals surface area contributed by atoms with Crippen LogP contribution in [0.4, 0.5) is 10.1 Å². The van der Waals surface area contributed by atoms with Crippen molar-refractivity contribution in [3.05, 3.63) is 30.1 Å². The monoisotopic (exact) mass is 368 g/mol. The number of amides is 2. The number of likely N-dealkylation sites (N-methyl/N-ethyl adjacent to an activating group) is 1. The van der Waals surface area contributed by atoms with Crippen LogP contribution in [0.2, 0.25) is 0 Å². The van der Waals surface area contributed by atoms with E-state index in [-0.39, 0.29) is 30.8 Å². The van der Waals surface area contributed by atoms with Crippen LogP contribution in [0.3, 0.4) is 0 Å². The lowest BCUT2D eigenvalue weighted by Crippen LogP contribution is -3.11. The highest BCUT2D eigenvalue weighted by atomic mass is 19.1. The number of halogens is 1. The van der Waals surface area contributed by atoms with Gasteiger partial charge in [-0.3, -0.25) is 9.59 Å². The Bertz CT molecular complexity index is 637. The molecule has 1 aromatic carbocycles. The predicted molar refractivity (Wildman–Crippen MR) is 95.1 cm³/mol. The van der Waals surface area contributed by atoms with Crippen LogP contribution >= 0.6 is 0 Å². The third-order valence-electron chi connectivity index (χ3n) is 3.56. The van der Waals surface area contributed by atoms with Crippen molar-refractivity contribution in [1.29, 1.82) is 0 Å². The van der Waals surface area contributed by atoms with Gasteiger partial charge in [0.2, 0.25) is 0 Å². The molecule has 3 N–H and O–H groups in total. The van der Waals surface area contributed by atoms with Crippen molar-refractivity contribution in [2.24, 2.45) is 5.92 Å². The molecule has 0 aromatic heterocycles. The molecule has 1 unspecified atom stereocenters. The van der Waals surface area contributed by atoms with Gasteiger partial charge in [-0.2, -0.15) is 0 Å². The fourth-order valence-corrected chi connectivity index (χ4v) is 2.46. The van der Waals surface area contributed by atoms with Gasteiger partial charge in [-0.25, -0.2) is 9.18 Å². The summed E-state index contributed by atoms with van der Waals surface area (Å²) in [5.74, 6) is -1.42. The van der Waals surface area contributed by atoms with E-state index in [1.54, 1.807) is 13.1 Å². The van der Waals surface area contributed by atoms with Crippen LogP contribution in [-0.4, -0.2) is 51.1 Å². The minimum Gasteiger partial charge on any atom is -0.467 e. The van der Waals surface area contributed by atoms with Crippen molar-refractivity contribution in [3.63, 3.8) is 0 Å². The first-order valence-electron chi connectivity index (χ1n) is 8.45. The van der Waals surface area contributed by atoms with Gasteiger partial charge in [0.1, 0.15) is 11.9 Å². The number of hydrogen-bond donors (Lipinski definition) is 3. The molecule has 2 amide bonds. The molecule has 144 valence electrons. The van der Waals surface area contributed by atoms with E-state index in [0.29, 0.717) is 17.0 Å². The summed E-state index contributed by atoms with van der Waals surface area (Å²) < 4.78 is 17.8. The second-order valence-corrected chi connectivity index (χ2v) is 6.64. The van der Waals surface area contributed by atoms with Crippen molar-refractivity contribution in [3.8, 4) is 0 Å². The maximum Gasteiger partial charge on any atom is 0.328 e. The summed E-state index contributed by atoms with van der Waals surface area (Å²) in [5.41, 5.74) is 0.356. The summed E-state index contributed by atoms with van der Waals surface area (Å²) in [5, 5.41) is 5.22. The summed E-state index contributed by atoms with van der Waals surface area (Å²) in [7, 11) is 2.95. The maximum absolute atomic E-state index is 13.1. The molecule has 0 spiro atoms. The van der Waals surface area contributed by atoms with Gasteiger partial charge in [0.15, 0.2) is 13.1 Å². The van der Waals surface area contributed by atoms with Crippen LogP contribution in [0.25, 0.3) is 0 Å². The first-order chi connectivity index (χ1) is 12.2. The van der Waals surface area contributed by atoms with E-state index >= 15 is 0 Å². The summed E-state index contributed by atoms with van der Waals surface area (Å²) >= 11 is 0. The van der Waals surface area contributed by atoms with E-state index in [0.717, 1.165) is 0 Å². The van der Waals surface area contributed by atoms with Crippen LogP contribution in [0, 0.1) is 11.7 Å². The number of quaternary nitrogens is 1. The highest BCUT2D eigenvalue weighted by Crippen LogP contribution is 2.08. The first kappa shape index (κ1) is 21.6. The number of benzene rings is 1. The Morgan fingerprint density at radius 1 is 1.19 bits per heavy atom. The topological polar surface area (TPSA) is 88.9 Å². The van der Waals surface area contributed by atoms with Gasteiger partial charge in [-0.05, 0) is 30.5 Å². The third-order valence-corrected chi connectivity index (χ3v) is 3.56. The van der Waals surface area contributed by atoms with E-state index in [2.05, 4.69) is 10.6 Å². The van der Waals surface area contributed by atoms with Crippen LogP contribution in [0.5, 0.6) is 0 Å². The highest BCUT2D eigenvalue weighted by molar-refractivity contribution is 5.91. The molecule has 0 fully saturated rings. The lowest BCUT2D eigenvalue weighted by molar-refractivity contribution is -0.862. The molecule has 0 saturated carbocycles. The molecule has 0 heterocycles. The molecule has 2 atom stereocenters. The Hall–Kier alpha value is -2.48.